The number of benzene rings is 3. The van der Waals surface area contributed by atoms with E-state index in [1.807, 2.05) is 0 Å². The number of carbonyl (C=O) groups is 3. The van der Waals surface area contributed by atoms with E-state index in [1.54, 1.807) is 18.2 Å². The fourth-order valence-electron chi connectivity index (χ4n) is 3.54. The highest BCUT2D eigenvalue weighted by Crippen LogP contribution is 2.35. The van der Waals surface area contributed by atoms with Crippen molar-refractivity contribution in [3.8, 4) is 11.5 Å². The summed E-state index contributed by atoms with van der Waals surface area (Å²) in [7, 11) is -1.16. The molecule has 0 saturated heterocycles. The monoisotopic (exact) mass is 466 g/mol. The number of methoxy groups -OCH3 is 2. The molecular weight excluding hydrogens is 448 g/mol. The summed E-state index contributed by atoms with van der Waals surface area (Å²) in [5.74, 6) is -1.18. The molecule has 9 heteroatoms. The number of sulfone groups is 1. The first-order chi connectivity index (χ1) is 15.8. The summed E-state index contributed by atoms with van der Waals surface area (Å²) in [6, 6.07) is 14.2. The van der Waals surface area contributed by atoms with Gasteiger partial charge in [-0.15, -0.1) is 0 Å². The molecule has 0 spiro atoms. The highest BCUT2D eigenvalue weighted by Gasteiger charge is 2.35. The Balaban J connectivity index is 1.58. The first kappa shape index (κ1) is 22.2. The average molecular weight is 466 g/mol. The molecule has 3 aromatic rings. The van der Waals surface area contributed by atoms with Crippen LogP contribution in [0.2, 0.25) is 0 Å². The highest BCUT2D eigenvalue weighted by molar-refractivity contribution is 7.91. The molecule has 0 amide bonds. The predicted molar refractivity (Wildman–Crippen MR) is 116 cm³/mol. The van der Waals surface area contributed by atoms with Gasteiger partial charge in [0.25, 0.3) is 0 Å². The van der Waals surface area contributed by atoms with Gasteiger partial charge >= 0.3 is 5.97 Å². The van der Waals surface area contributed by atoms with Crippen LogP contribution in [0, 0.1) is 0 Å². The fraction of sp³-hybridized carbons (Fsp3) is 0.125. The molecule has 0 bridgehead atoms. The second-order valence-corrected chi connectivity index (χ2v) is 8.99. The van der Waals surface area contributed by atoms with E-state index in [0.717, 1.165) is 6.07 Å². The van der Waals surface area contributed by atoms with Crippen molar-refractivity contribution in [2.75, 3.05) is 20.8 Å². The molecule has 0 unspecified atom stereocenters. The second-order valence-electron chi connectivity index (χ2n) is 7.11. The number of Topliss-reactive ketones (excluding diaryl/α,β-unsaturated/α-hetero) is 1. The van der Waals surface area contributed by atoms with Crippen molar-refractivity contribution in [1.82, 2.24) is 0 Å². The molecule has 168 valence electrons. The smallest absolute Gasteiger partial charge is 0.338 e. The van der Waals surface area contributed by atoms with E-state index in [1.165, 1.54) is 50.6 Å². The molecule has 0 atom stereocenters. The van der Waals surface area contributed by atoms with Gasteiger partial charge in [-0.05, 0) is 48.5 Å². The Kier molecular flexibility index (Phi) is 5.73. The molecule has 0 N–H and O–H groups in total. The SMILES string of the molecule is COc1ccc(OC)c(C(=O)COC(=O)c2ccc3c(c2)S(=O)(=O)c2ccccc2C3=O)c1. The second kappa shape index (κ2) is 8.51. The third-order valence-corrected chi connectivity index (χ3v) is 7.07. The van der Waals surface area contributed by atoms with E-state index in [0.29, 0.717) is 5.75 Å². The van der Waals surface area contributed by atoms with Gasteiger partial charge in [-0.1, -0.05) is 12.1 Å². The van der Waals surface area contributed by atoms with Gasteiger partial charge in [0.1, 0.15) is 11.5 Å². The molecule has 1 heterocycles. The van der Waals surface area contributed by atoms with Gasteiger partial charge in [0.15, 0.2) is 12.4 Å². The lowest BCUT2D eigenvalue weighted by molar-refractivity contribution is 0.0473. The maximum Gasteiger partial charge on any atom is 0.338 e. The number of hydrogen-bond acceptors (Lipinski definition) is 8. The van der Waals surface area contributed by atoms with Gasteiger partial charge in [-0.25, -0.2) is 13.2 Å². The Morgan fingerprint density at radius 2 is 1.58 bits per heavy atom. The summed E-state index contributed by atoms with van der Waals surface area (Å²) < 4.78 is 41.4. The number of fused-ring (bicyclic) bond motifs is 2. The Morgan fingerprint density at radius 3 is 2.30 bits per heavy atom. The number of rotatable bonds is 6. The van der Waals surface area contributed by atoms with Gasteiger partial charge in [-0.2, -0.15) is 0 Å². The third kappa shape index (κ3) is 3.87. The van der Waals surface area contributed by atoms with E-state index in [9.17, 15) is 22.8 Å². The Morgan fingerprint density at radius 1 is 0.848 bits per heavy atom. The number of ether oxygens (including phenoxy) is 3. The van der Waals surface area contributed by atoms with Crippen LogP contribution in [0.4, 0.5) is 0 Å². The van der Waals surface area contributed by atoms with E-state index >= 15 is 0 Å². The van der Waals surface area contributed by atoms with Crippen molar-refractivity contribution in [3.63, 3.8) is 0 Å². The van der Waals surface area contributed by atoms with Crippen LogP contribution in [-0.2, 0) is 14.6 Å². The Labute approximate surface area is 189 Å². The molecule has 0 fully saturated rings. The molecule has 1 aliphatic rings. The van der Waals surface area contributed by atoms with Crippen LogP contribution in [-0.4, -0.2) is 46.8 Å². The van der Waals surface area contributed by atoms with E-state index in [4.69, 9.17) is 14.2 Å². The lowest BCUT2D eigenvalue weighted by Gasteiger charge is -2.19. The zero-order valence-corrected chi connectivity index (χ0v) is 18.5. The van der Waals surface area contributed by atoms with E-state index < -0.39 is 34.0 Å². The van der Waals surface area contributed by atoms with Gasteiger partial charge in [0, 0.05) is 11.1 Å². The van der Waals surface area contributed by atoms with Crippen molar-refractivity contribution < 1.29 is 37.0 Å². The zero-order chi connectivity index (χ0) is 23.8. The Bertz CT molecular complexity index is 1410. The first-order valence-corrected chi connectivity index (χ1v) is 11.2. The summed E-state index contributed by atoms with van der Waals surface area (Å²) in [5, 5.41) is 0. The van der Waals surface area contributed by atoms with Gasteiger partial charge < -0.3 is 14.2 Å². The highest BCUT2D eigenvalue weighted by atomic mass is 32.2. The fourth-order valence-corrected chi connectivity index (χ4v) is 5.21. The zero-order valence-electron chi connectivity index (χ0n) is 17.7. The summed E-state index contributed by atoms with van der Waals surface area (Å²) in [6.07, 6.45) is 0. The van der Waals surface area contributed by atoms with Crippen LogP contribution in [0.25, 0.3) is 0 Å². The van der Waals surface area contributed by atoms with E-state index in [2.05, 4.69) is 0 Å². The van der Waals surface area contributed by atoms with E-state index in [-0.39, 0.29) is 37.8 Å². The minimum Gasteiger partial charge on any atom is -0.497 e. The number of hydrogen-bond donors (Lipinski definition) is 0. The maximum absolute atomic E-state index is 13.0. The predicted octanol–water partition coefficient (Wildman–Crippen LogP) is 3.12. The largest absolute Gasteiger partial charge is 0.497 e. The van der Waals surface area contributed by atoms with Gasteiger partial charge in [0.05, 0.1) is 35.1 Å². The molecule has 0 saturated carbocycles. The standard InChI is InChI=1S/C24H18O8S/c1-30-15-8-10-20(31-2)18(12-15)19(25)13-32-24(27)14-7-9-17-22(11-14)33(28,29)21-6-4-3-5-16(21)23(17)26/h3-12H,13H2,1-2H3. The normalized spacial score (nSPS) is 13.5. The van der Waals surface area contributed by atoms with Crippen molar-refractivity contribution in [1.29, 1.82) is 0 Å². The molecule has 8 nitrogen and oxygen atoms in total. The average Bonchev–Trinajstić information content (AvgIpc) is 2.85. The van der Waals surface area contributed by atoms with Crippen molar-refractivity contribution in [2.45, 2.75) is 9.79 Å². The molecule has 0 aromatic heterocycles. The first-order valence-electron chi connectivity index (χ1n) is 9.73. The lowest BCUT2D eigenvalue weighted by Crippen LogP contribution is -2.21. The summed E-state index contributed by atoms with van der Waals surface area (Å²) in [5.41, 5.74) is 0.121. The van der Waals surface area contributed by atoms with Crippen LogP contribution in [0.3, 0.4) is 0 Å². The number of ketones is 2. The number of esters is 1. The third-order valence-electron chi connectivity index (χ3n) is 5.21. The van der Waals surface area contributed by atoms with Crippen molar-refractivity contribution >= 4 is 27.4 Å². The molecule has 0 radical (unpaired) electrons. The minimum atomic E-state index is -4.01. The Hall–Kier alpha value is -3.98. The van der Waals surface area contributed by atoms with Crippen LogP contribution < -0.4 is 9.47 Å². The molecule has 3 aromatic carbocycles. The van der Waals surface area contributed by atoms with Crippen molar-refractivity contribution in [3.05, 3.63) is 82.9 Å². The van der Waals surface area contributed by atoms with Crippen LogP contribution in [0.1, 0.15) is 36.6 Å². The van der Waals surface area contributed by atoms with Crippen LogP contribution in [0.15, 0.2) is 70.5 Å². The van der Waals surface area contributed by atoms with Crippen LogP contribution >= 0.6 is 0 Å². The molecule has 1 aliphatic heterocycles. The topological polar surface area (TPSA) is 113 Å². The summed E-state index contributed by atoms with van der Waals surface area (Å²) in [4.78, 5) is 37.5. The van der Waals surface area contributed by atoms with Crippen molar-refractivity contribution in [2.24, 2.45) is 0 Å². The lowest BCUT2D eigenvalue weighted by atomic mass is 10.0. The molecular formula is C24H18O8S. The molecule has 33 heavy (non-hydrogen) atoms. The molecule has 0 aliphatic carbocycles. The number of carbonyl (C=O) groups excluding carboxylic acids is 3. The maximum atomic E-state index is 13.0. The van der Waals surface area contributed by atoms with Crippen LogP contribution in [0.5, 0.6) is 11.5 Å². The summed E-state index contributed by atoms with van der Waals surface area (Å²) in [6.45, 7) is -0.603. The quantitative estimate of drug-likeness (QED) is 0.315. The minimum absolute atomic E-state index is 0.0255. The van der Waals surface area contributed by atoms with Gasteiger partial charge in [0.2, 0.25) is 15.6 Å². The van der Waals surface area contributed by atoms with Gasteiger partial charge in [-0.3, -0.25) is 9.59 Å². The molecule has 4 rings (SSSR count). The summed E-state index contributed by atoms with van der Waals surface area (Å²) >= 11 is 0.